The number of nitrogens with zero attached hydrogens (tertiary/aromatic N) is 2. The van der Waals surface area contributed by atoms with Gasteiger partial charge in [-0.25, -0.2) is 0 Å². The largest absolute Gasteiger partial charge is 0.508 e. The van der Waals surface area contributed by atoms with Crippen molar-refractivity contribution in [3.8, 4) is 11.5 Å². The van der Waals surface area contributed by atoms with E-state index < -0.39 is 17.5 Å². The predicted octanol–water partition coefficient (Wildman–Crippen LogP) is 2.53. The molecule has 0 aliphatic rings. The van der Waals surface area contributed by atoms with E-state index in [1.54, 1.807) is 36.4 Å². The molecule has 0 aromatic heterocycles. The maximum atomic E-state index is 10.8. The lowest BCUT2D eigenvalue weighted by atomic mass is 10.1. The maximum absolute atomic E-state index is 10.8. The third-order valence-corrected chi connectivity index (χ3v) is 2.95. The van der Waals surface area contributed by atoms with Crippen LogP contribution in [0.3, 0.4) is 0 Å². The van der Waals surface area contributed by atoms with Crippen molar-refractivity contribution in [2.75, 3.05) is 6.54 Å². The second kappa shape index (κ2) is 6.51. The minimum Gasteiger partial charge on any atom is -0.508 e. The van der Waals surface area contributed by atoms with Crippen LogP contribution in [0.1, 0.15) is 17.2 Å². The van der Waals surface area contributed by atoms with Gasteiger partial charge >= 0.3 is 0 Å². The van der Waals surface area contributed by atoms with Crippen LogP contribution in [-0.2, 0) is 0 Å². The summed E-state index contributed by atoms with van der Waals surface area (Å²) in [5.74, 6) is -0.00262. The summed E-state index contributed by atoms with van der Waals surface area (Å²) in [6.45, 7) is -0.443. The lowest BCUT2D eigenvalue weighted by molar-refractivity contribution is -0.483. The summed E-state index contributed by atoms with van der Waals surface area (Å²) in [6.07, 6.45) is 1.37. The fourth-order valence-electron chi connectivity index (χ4n) is 1.90. The highest BCUT2D eigenvalue weighted by atomic mass is 16.6. The average molecular weight is 286 g/mol. The van der Waals surface area contributed by atoms with Gasteiger partial charge in [0.25, 0.3) is 0 Å². The second-order valence-corrected chi connectivity index (χ2v) is 4.43. The minimum absolute atomic E-state index is 0.0402. The molecule has 0 radical (unpaired) electrons. The Labute approximate surface area is 121 Å². The van der Waals surface area contributed by atoms with Gasteiger partial charge in [0.05, 0.1) is 0 Å². The first-order chi connectivity index (χ1) is 10.1. The molecule has 1 unspecified atom stereocenters. The predicted molar refractivity (Wildman–Crippen MR) is 78.4 cm³/mol. The van der Waals surface area contributed by atoms with Crippen LogP contribution in [0.15, 0.2) is 53.5 Å². The van der Waals surface area contributed by atoms with Crippen LogP contribution in [0.5, 0.6) is 11.5 Å². The monoisotopic (exact) mass is 286 g/mol. The zero-order valence-electron chi connectivity index (χ0n) is 11.1. The van der Waals surface area contributed by atoms with Gasteiger partial charge in [0.1, 0.15) is 17.5 Å². The number of aliphatic imine (C=N–C) groups is 1. The molecule has 2 aromatic carbocycles. The Hall–Kier alpha value is -2.89. The minimum atomic E-state index is -0.819. The van der Waals surface area contributed by atoms with Crippen molar-refractivity contribution in [2.24, 2.45) is 4.99 Å². The third kappa shape index (κ3) is 3.79. The van der Waals surface area contributed by atoms with Crippen LogP contribution in [0.2, 0.25) is 0 Å². The number of para-hydroxylation sites is 2. The molecule has 0 aliphatic heterocycles. The van der Waals surface area contributed by atoms with Crippen LogP contribution < -0.4 is 0 Å². The van der Waals surface area contributed by atoms with Crippen molar-refractivity contribution in [1.29, 1.82) is 0 Å². The zero-order chi connectivity index (χ0) is 15.2. The lowest BCUT2D eigenvalue weighted by Gasteiger charge is -2.10. The van der Waals surface area contributed by atoms with Gasteiger partial charge in [-0.05, 0) is 18.2 Å². The average Bonchev–Trinajstić information content (AvgIpc) is 2.45. The number of rotatable bonds is 5. The molecule has 21 heavy (non-hydrogen) atoms. The summed E-state index contributed by atoms with van der Waals surface area (Å²) in [4.78, 5) is 14.4. The standard InChI is InChI=1S/C15H14N2O4/c18-14-7-3-1-5-11(14)9-16-13(10-17(20)21)12-6-2-4-8-15(12)19/h1-9,13,18-19H,10H2. The van der Waals surface area contributed by atoms with E-state index >= 15 is 0 Å². The summed E-state index contributed by atoms with van der Waals surface area (Å²) >= 11 is 0. The number of phenolic OH excluding ortho intramolecular Hbond substituents is 2. The summed E-state index contributed by atoms with van der Waals surface area (Å²) in [6, 6.07) is 12.1. The van der Waals surface area contributed by atoms with E-state index in [9.17, 15) is 20.3 Å². The molecule has 0 fully saturated rings. The van der Waals surface area contributed by atoms with E-state index in [1.165, 1.54) is 18.3 Å². The Balaban J connectivity index is 2.31. The highest BCUT2D eigenvalue weighted by Crippen LogP contribution is 2.27. The van der Waals surface area contributed by atoms with Crippen molar-refractivity contribution >= 4 is 6.21 Å². The molecule has 108 valence electrons. The molecule has 0 bridgehead atoms. The van der Waals surface area contributed by atoms with Gasteiger partial charge in [-0.15, -0.1) is 0 Å². The summed E-state index contributed by atoms with van der Waals surface area (Å²) in [5.41, 5.74) is 0.835. The highest BCUT2D eigenvalue weighted by Gasteiger charge is 2.19. The fraction of sp³-hybridized carbons (Fsp3) is 0.133. The van der Waals surface area contributed by atoms with Crippen molar-refractivity contribution in [3.63, 3.8) is 0 Å². The Kier molecular flexibility index (Phi) is 4.50. The molecule has 1 atom stereocenters. The molecular formula is C15H14N2O4. The smallest absolute Gasteiger partial charge is 0.230 e. The normalized spacial score (nSPS) is 12.4. The summed E-state index contributed by atoms with van der Waals surface area (Å²) in [5, 5.41) is 30.2. The van der Waals surface area contributed by atoms with Gasteiger partial charge in [-0.1, -0.05) is 30.3 Å². The first-order valence-electron chi connectivity index (χ1n) is 6.29. The summed E-state index contributed by atoms with van der Waals surface area (Å²) in [7, 11) is 0. The lowest BCUT2D eigenvalue weighted by Crippen LogP contribution is -2.11. The van der Waals surface area contributed by atoms with Crippen LogP contribution in [0.4, 0.5) is 0 Å². The van der Waals surface area contributed by atoms with Crippen LogP contribution in [-0.4, -0.2) is 27.9 Å². The van der Waals surface area contributed by atoms with E-state index in [0.717, 1.165) is 0 Å². The van der Waals surface area contributed by atoms with E-state index in [0.29, 0.717) is 11.1 Å². The SMILES string of the molecule is O=[N+]([O-])CC(N=Cc1ccccc1O)c1ccccc1O. The van der Waals surface area contributed by atoms with Crippen LogP contribution in [0.25, 0.3) is 0 Å². The highest BCUT2D eigenvalue weighted by molar-refractivity contribution is 5.83. The van der Waals surface area contributed by atoms with E-state index in [2.05, 4.69) is 4.99 Å². The van der Waals surface area contributed by atoms with Gasteiger partial charge in [-0.3, -0.25) is 15.1 Å². The van der Waals surface area contributed by atoms with Gasteiger partial charge in [0.15, 0.2) is 0 Å². The van der Waals surface area contributed by atoms with Crippen molar-refractivity contribution in [2.45, 2.75) is 6.04 Å². The maximum Gasteiger partial charge on any atom is 0.230 e. The fourth-order valence-corrected chi connectivity index (χ4v) is 1.90. The molecule has 0 spiro atoms. The number of phenols is 2. The molecule has 0 saturated carbocycles. The topological polar surface area (TPSA) is 96.0 Å². The number of hydrogen-bond acceptors (Lipinski definition) is 5. The van der Waals surface area contributed by atoms with Crippen molar-refractivity contribution < 1.29 is 15.1 Å². The molecule has 0 amide bonds. The first-order valence-corrected chi connectivity index (χ1v) is 6.29. The molecular weight excluding hydrogens is 272 g/mol. The van der Waals surface area contributed by atoms with Gasteiger partial charge in [0.2, 0.25) is 6.54 Å². The Morgan fingerprint density at radius 3 is 2.33 bits per heavy atom. The van der Waals surface area contributed by atoms with Crippen molar-refractivity contribution in [1.82, 2.24) is 0 Å². The molecule has 0 heterocycles. The van der Waals surface area contributed by atoms with Gasteiger partial charge in [0, 0.05) is 22.3 Å². The zero-order valence-corrected chi connectivity index (χ0v) is 11.1. The quantitative estimate of drug-likeness (QED) is 0.501. The Morgan fingerprint density at radius 1 is 1.10 bits per heavy atom. The first kappa shape index (κ1) is 14.5. The molecule has 6 heteroatoms. The van der Waals surface area contributed by atoms with E-state index in [1.807, 2.05) is 0 Å². The molecule has 0 saturated heterocycles. The second-order valence-electron chi connectivity index (χ2n) is 4.43. The molecule has 2 rings (SSSR count). The molecule has 6 nitrogen and oxygen atoms in total. The van der Waals surface area contributed by atoms with Gasteiger partial charge in [-0.2, -0.15) is 0 Å². The number of benzene rings is 2. The van der Waals surface area contributed by atoms with E-state index in [-0.39, 0.29) is 11.5 Å². The summed E-state index contributed by atoms with van der Waals surface area (Å²) < 4.78 is 0. The molecule has 0 aliphatic carbocycles. The Morgan fingerprint density at radius 2 is 1.71 bits per heavy atom. The Bertz CT molecular complexity index is 670. The van der Waals surface area contributed by atoms with Gasteiger partial charge < -0.3 is 10.2 Å². The van der Waals surface area contributed by atoms with E-state index in [4.69, 9.17) is 0 Å². The third-order valence-electron chi connectivity index (χ3n) is 2.95. The molecule has 2 aromatic rings. The molecule has 2 N–H and O–H groups in total. The van der Waals surface area contributed by atoms with Crippen LogP contribution >= 0.6 is 0 Å². The van der Waals surface area contributed by atoms with Crippen LogP contribution in [0, 0.1) is 10.1 Å². The number of aromatic hydroxyl groups is 2. The number of hydrogen-bond donors (Lipinski definition) is 2. The van der Waals surface area contributed by atoms with Crippen molar-refractivity contribution in [3.05, 3.63) is 69.8 Å². The number of nitro groups is 1.